The molecule has 0 radical (unpaired) electrons. The lowest BCUT2D eigenvalue weighted by Gasteiger charge is -2.04. The molecule has 126 valence electrons. The largest absolute Gasteiger partial charge is 0.330 e. The summed E-state index contributed by atoms with van der Waals surface area (Å²) in [5.41, 5.74) is 0.160. The van der Waals surface area contributed by atoms with Gasteiger partial charge in [0.05, 0.1) is 5.75 Å². The molecular weight excluding hydrogens is 324 g/mol. The van der Waals surface area contributed by atoms with Crippen molar-refractivity contribution in [2.75, 3.05) is 0 Å². The van der Waals surface area contributed by atoms with E-state index in [2.05, 4.69) is 16.9 Å². The molecule has 0 fully saturated rings. The predicted octanol–water partition coefficient (Wildman–Crippen LogP) is 2.52. The van der Waals surface area contributed by atoms with Crippen molar-refractivity contribution in [3.05, 3.63) is 57.0 Å². The molecule has 3 rings (SSSR count). The zero-order valence-corrected chi connectivity index (χ0v) is 14.6. The molecule has 0 unspecified atom stereocenters. The number of thioether (sulfide) groups is 1. The van der Waals surface area contributed by atoms with Crippen LogP contribution in [0.3, 0.4) is 0 Å². The molecule has 0 atom stereocenters. The van der Waals surface area contributed by atoms with Gasteiger partial charge >= 0.3 is 5.69 Å². The van der Waals surface area contributed by atoms with Crippen molar-refractivity contribution in [2.24, 2.45) is 7.05 Å². The molecule has 2 aromatic heterocycles. The van der Waals surface area contributed by atoms with Crippen molar-refractivity contribution >= 4 is 22.9 Å². The molecule has 24 heavy (non-hydrogen) atoms. The lowest BCUT2D eigenvalue weighted by molar-refractivity contribution is 0.613. The number of aromatic amines is 1. The highest BCUT2D eigenvalue weighted by Gasteiger charge is 2.16. The van der Waals surface area contributed by atoms with E-state index in [0.717, 1.165) is 23.6 Å². The van der Waals surface area contributed by atoms with Gasteiger partial charge in [0.1, 0.15) is 5.82 Å². The van der Waals surface area contributed by atoms with Crippen LogP contribution in [0.2, 0.25) is 0 Å². The maximum Gasteiger partial charge on any atom is 0.330 e. The molecule has 0 aliphatic rings. The third kappa shape index (κ3) is 3.17. The Kier molecular flexibility index (Phi) is 4.89. The number of aryl methyl sites for hydroxylation is 2. The van der Waals surface area contributed by atoms with Crippen LogP contribution in [0.4, 0.5) is 0 Å². The van der Waals surface area contributed by atoms with Gasteiger partial charge in [-0.3, -0.25) is 14.3 Å². The summed E-state index contributed by atoms with van der Waals surface area (Å²) in [5.74, 6) is 1.41. The van der Waals surface area contributed by atoms with E-state index < -0.39 is 0 Å². The van der Waals surface area contributed by atoms with Crippen LogP contribution >= 0.6 is 11.8 Å². The fourth-order valence-corrected chi connectivity index (χ4v) is 3.51. The van der Waals surface area contributed by atoms with Crippen LogP contribution in [0.25, 0.3) is 11.2 Å². The number of unbranched alkanes of at least 4 members (excludes halogenated alkanes) is 1. The summed E-state index contributed by atoms with van der Waals surface area (Å²) in [6, 6.07) is 10.0. The quantitative estimate of drug-likeness (QED) is 0.698. The highest BCUT2D eigenvalue weighted by molar-refractivity contribution is 7.98. The second-order valence-corrected chi connectivity index (χ2v) is 6.67. The van der Waals surface area contributed by atoms with Gasteiger partial charge in [-0.15, -0.1) is 11.8 Å². The van der Waals surface area contributed by atoms with E-state index in [9.17, 15) is 9.59 Å². The Labute approximate surface area is 143 Å². The van der Waals surface area contributed by atoms with Crippen LogP contribution in [0.1, 0.15) is 25.6 Å². The molecule has 1 N–H and O–H groups in total. The molecular formula is C17H20N4O2S. The minimum atomic E-state index is -0.388. The Morgan fingerprint density at radius 2 is 1.96 bits per heavy atom. The zero-order valence-electron chi connectivity index (χ0n) is 13.8. The van der Waals surface area contributed by atoms with Crippen molar-refractivity contribution in [3.8, 4) is 0 Å². The first-order chi connectivity index (χ1) is 11.6. The Morgan fingerprint density at radius 3 is 2.67 bits per heavy atom. The van der Waals surface area contributed by atoms with E-state index in [-0.39, 0.29) is 11.2 Å². The Bertz CT molecular complexity index is 956. The van der Waals surface area contributed by atoms with Crippen LogP contribution in [-0.4, -0.2) is 19.1 Å². The van der Waals surface area contributed by atoms with Crippen molar-refractivity contribution < 1.29 is 0 Å². The van der Waals surface area contributed by atoms with Crippen molar-refractivity contribution in [3.63, 3.8) is 0 Å². The first kappa shape index (κ1) is 16.6. The Balaban J connectivity index is 2.01. The summed E-state index contributed by atoms with van der Waals surface area (Å²) in [7, 11) is 1.82. The number of hydrogen-bond donors (Lipinski definition) is 1. The molecule has 0 aliphatic carbocycles. The van der Waals surface area contributed by atoms with E-state index in [4.69, 9.17) is 0 Å². The maximum atomic E-state index is 12.2. The van der Waals surface area contributed by atoms with E-state index in [0.29, 0.717) is 23.5 Å². The normalized spacial score (nSPS) is 11.2. The summed E-state index contributed by atoms with van der Waals surface area (Å²) in [4.78, 5) is 32.4. The molecule has 1 aromatic carbocycles. The van der Waals surface area contributed by atoms with Crippen molar-refractivity contribution in [2.45, 2.75) is 37.0 Å². The number of hydrogen-bond acceptors (Lipinski definition) is 4. The third-order valence-electron chi connectivity index (χ3n) is 3.95. The van der Waals surface area contributed by atoms with Gasteiger partial charge in [-0.2, -0.15) is 0 Å². The standard InChI is InChI=1S/C17H20N4O2S/c1-3-4-10-21-15-14(16(22)19-17(21)23)20(2)13(18-15)11-24-12-8-6-5-7-9-12/h5-9H,3-4,10-11H2,1-2H3,(H,19,22,23). The summed E-state index contributed by atoms with van der Waals surface area (Å²) in [6.07, 6.45) is 1.84. The number of rotatable bonds is 6. The van der Waals surface area contributed by atoms with Gasteiger partial charge in [-0.25, -0.2) is 9.78 Å². The van der Waals surface area contributed by atoms with Gasteiger partial charge in [0.15, 0.2) is 11.2 Å². The van der Waals surface area contributed by atoms with Gasteiger partial charge in [0, 0.05) is 18.5 Å². The molecule has 0 aliphatic heterocycles. The topological polar surface area (TPSA) is 72.7 Å². The highest BCUT2D eigenvalue weighted by Crippen LogP contribution is 2.23. The van der Waals surface area contributed by atoms with Crippen molar-refractivity contribution in [1.29, 1.82) is 0 Å². The molecule has 3 aromatic rings. The van der Waals surface area contributed by atoms with Crippen LogP contribution < -0.4 is 11.2 Å². The SMILES string of the molecule is CCCCn1c(=O)[nH]c(=O)c2c1nc(CSc1ccccc1)n2C. The molecule has 7 heteroatoms. The summed E-state index contributed by atoms with van der Waals surface area (Å²) in [6.45, 7) is 2.62. The summed E-state index contributed by atoms with van der Waals surface area (Å²) in [5, 5.41) is 0. The molecule has 0 amide bonds. The molecule has 2 heterocycles. The smallest absolute Gasteiger partial charge is 0.325 e. The fraction of sp³-hybridized carbons (Fsp3) is 0.353. The summed E-state index contributed by atoms with van der Waals surface area (Å²) < 4.78 is 3.35. The molecule has 0 spiro atoms. The van der Waals surface area contributed by atoms with Gasteiger partial charge < -0.3 is 4.57 Å². The third-order valence-corrected chi connectivity index (χ3v) is 4.96. The van der Waals surface area contributed by atoms with E-state index in [1.54, 1.807) is 20.9 Å². The Hall–Kier alpha value is -2.28. The van der Waals surface area contributed by atoms with Gasteiger partial charge in [-0.05, 0) is 18.6 Å². The van der Waals surface area contributed by atoms with E-state index >= 15 is 0 Å². The van der Waals surface area contributed by atoms with Crippen LogP contribution in [0.5, 0.6) is 0 Å². The van der Waals surface area contributed by atoms with E-state index in [1.807, 2.05) is 37.4 Å². The van der Waals surface area contributed by atoms with E-state index in [1.165, 1.54) is 0 Å². The van der Waals surface area contributed by atoms with Gasteiger partial charge in [0.2, 0.25) is 0 Å². The highest BCUT2D eigenvalue weighted by atomic mass is 32.2. The number of aromatic nitrogens is 4. The van der Waals surface area contributed by atoms with Crippen LogP contribution in [-0.2, 0) is 19.3 Å². The molecule has 0 saturated heterocycles. The minimum Gasteiger partial charge on any atom is -0.325 e. The number of benzene rings is 1. The number of nitrogens with one attached hydrogen (secondary N) is 1. The number of imidazole rings is 1. The number of H-pyrrole nitrogens is 1. The molecule has 6 nitrogen and oxygen atoms in total. The lowest BCUT2D eigenvalue weighted by Crippen LogP contribution is -2.31. The number of fused-ring (bicyclic) bond motifs is 1. The monoisotopic (exact) mass is 344 g/mol. The lowest BCUT2D eigenvalue weighted by atomic mass is 10.3. The van der Waals surface area contributed by atoms with Gasteiger partial charge in [0.25, 0.3) is 5.56 Å². The average molecular weight is 344 g/mol. The minimum absolute atomic E-state index is 0.381. The predicted molar refractivity (Wildman–Crippen MR) is 96.5 cm³/mol. The second kappa shape index (κ2) is 7.09. The fourth-order valence-electron chi connectivity index (χ4n) is 2.61. The molecule has 0 saturated carbocycles. The van der Waals surface area contributed by atoms with Gasteiger partial charge in [-0.1, -0.05) is 31.5 Å². The summed E-state index contributed by atoms with van der Waals surface area (Å²) >= 11 is 1.65. The maximum absolute atomic E-state index is 12.2. The Morgan fingerprint density at radius 1 is 1.21 bits per heavy atom. The number of nitrogens with zero attached hydrogens (tertiary/aromatic N) is 3. The molecule has 0 bridgehead atoms. The van der Waals surface area contributed by atoms with Crippen LogP contribution in [0, 0.1) is 0 Å². The zero-order chi connectivity index (χ0) is 17.1. The first-order valence-electron chi connectivity index (χ1n) is 7.98. The van der Waals surface area contributed by atoms with Crippen molar-refractivity contribution in [1.82, 2.24) is 19.1 Å². The first-order valence-corrected chi connectivity index (χ1v) is 8.96. The van der Waals surface area contributed by atoms with Crippen LogP contribution in [0.15, 0.2) is 44.8 Å². The average Bonchev–Trinajstić information content (AvgIpc) is 2.91. The second-order valence-electron chi connectivity index (χ2n) is 5.63.